The number of alkyl halides is 1. The van der Waals surface area contributed by atoms with Crippen LogP contribution in [0.4, 0.5) is 5.69 Å². The molecule has 1 aromatic rings. The Bertz CT molecular complexity index is 412. The van der Waals surface area contributed by atoms with E-state index in [-0.39, 0.29) is 22.7 Å². The second-order valence-corrected chi connectivity index (χ2v) is 3.78. The monoisotopic (exact) mass is 261 g/mol. The SMILES string of the molecule is O=[N+]([O-])c1ccc(C(O)C(O)CCl)cc1CO. The molecule has 0 aliphatic carbocycles. The van der Waals surface area contributed by atoms with Gasteiger partial charge in [-0.1, -0.05) is 0 Å². The van der Waals surface area contributed by atoms with Crippen molar-refractivity contribution in [3.63, 3.8) is 0 Å². The summed E-state index contributed by atoms with van der Waals surface area (Å²) in [5.74, 6) is -0.160. The summed E-state index contributed by atoms with van der Waals surface area (Å²) in [5.41, 5.74) is 0.116. The molecule has 0 amide bonds. The highest BCUT2D eigenvalue weighted by atomic mass is 35.5. The molecule has 1 rings (SSSR count). The maximum atomic E-state index is 10.6. The van der Waals surface area contributed by atoms with Gasteiger partial charge in [0.15, 0.2) is 0 Å². The average molecular weight is 262 g/mol. The quantitative estimate of drug-likeness (QED) is 0.412. The van der Waals surface area contributed by atoms with Crippen molar-refractivity contribution < 1.29 is 20.2 Å². The third-order valence-electron chi connectivity index (χ3n) is 2.33. The summed E-state index contributed by atoms with van der Waals surface area (Å²) < 4.78 is 0. The zero-order chi connectivity index (χ0) is 13.0. The van der Waals surface area contributed by atoms with E-state index in [0.29, 0.717) is 0 Å². The Morgan fingerprint density at radius 3 is 2.53 bits per heavy atom. The van der Waals surface area contributed by atoms with E-state index in [4.69, 9.17) is 16.7 Å². The number of benzene rings is 1. The van der Waals surface area contributed by atoms with E-state index in [1.165, 1.54) is 18.2 Å². The molecule has 2 atom stereocenters. The van der Waals surface area contributed by atoms with E-state index in [2.05, 4.69) is 0 Å². The minimum atomic E-state index is -1.24. The van der Waals surface area contributed by atoms with Crippen molar-refractivity contribution in [2.75, 3.05) is 5.88 Å². The van der Waals surface area contributed by atoms with Crippen LogP contribution in [0.25, 0.3) is 0 Å². The minimum absolute atomic E-state index is 0.0772. The molecule has 94 valence electrons. The fraction of sp³-hybridized carbons (Fsp3) is 0.400. The van der Waals surface area contributed by atoms with Crippen molar-refractivity contribution in [1.29, 1.82) is 0 Å². The molecule has 3 N–H and O–H groups in total. The molecule has 0 radical (unpaired) electrons. The van der Waals surface area contributed by atoms with Crippen LogP contribution in [0.15, 0.2) is 18.2 Å². The summed E-state index contributed by atoms with van der Waals surface area (Å²) in [6.07, 6.45) is -2.40. The van der Waals surface area contributed by atoms with Gasteiger partial charge in [-0.3, -0.25) is 10.1 Å². The fourth-order valence-electron chi connectivity index (χ4n) is 1.40. The van der Waals surface area contributed by atoms with E-state index < -0.39 is 23.7 Å². The molecule has 6 nitrogen and oxygen atoms in total. The molecule has 0 spiro atoms. The molecule has 0 heterocycles. The predicted molar refractivity (Wildman–Crippen MR) is 60.7 cm³/mol. The average Bonchev–Trinajstić information content (AvgIpc) is 2.35. The van der Waals surface area contributed by atoms with Crippen LogP contribution in [0.1, 0.15) is 17.2 Å². The second kappa shape index (κ2) is 5.92. The molecule has 0 aromatic heterocycles. The third kappa shape index (κ3) is 3.13. The van der Waals surface area contributed by atoms with Crippen molar-refractivity contribution in [3.8, 4) is 0 Å². The maximum absolute atomic E-state index is 10.6. The number of nitrogens with zero attached hydrogens (tertiary/aromatic N) is 1. The zero-order valence-electron chi connectivity index (χ0n) is 8.78. The lowest BCUT2D eigenvalue weighted by molar-refractivity contribution is -0.385. The van der Waals surface area contributed by atoms with Crippen molar-refractivity contribution in [1.82, 2.24) is 0 Å². The standard InChI is InChI=1S/C10H12ClNO5/c11-4-9(14)10(15)6-1-2-8(12(16)17)7(3-6)5-13/h1-3,9-10,13-15H,4-5H2. The summed E-state index contributed by atoms with van der Waals surface area (Å²) in [6.45, 7) is -0.520. The molecule has 0 bridgehead atoms. The molecule has 17 heavy (non-hydrogen) atoms. The van der Waals surface area contributed by atoms with Crippen LogP contribution in [0.3, 0.4) is 0 Å². The van der Waals surface area contributed by atoms with Gasteiger partial charge in [-0.2, -0.15) is 0 Å². The smallest absolute Gasteiger partial charge is 0.274 e. The van der Waals surface area contributed by atoms with E-state index in [1.54, 1.807) is 0 Å². The normalized spacial score (nSPS) is 14.4. The topological polar surface area (TPSA) is 104 Å². The number of hydrogen-bond donors (Lipinski definition) is 3. The van der Waals surface area contributed by atoms with E-state index in [1.807, 2.05) is 0 Å². The highest BCUT2D eigenvalue weighted by Crippen LogP contribution is 2.25. The Kier molecular flexibility index (Phi) is 4.83. The Morgan fingerprint density at radius 1 is 1.41 bits per heavy atom. The van der Waals surface area contributed by atoms with Gasteiger partial charge in [0, 0.05) is 6.07 Å². The van der Waals surface area contributed by atoms with Gasteiger partial charge in [0.2, 0.25) is 0 Å². The molecule has 7 heteroatoms. The van der Waals surface area contributed by atoms with Gasteiger partial charge in [-0.25, -0.2) is 0 Å². The molecule has 0 saturated carbocycles. The van der Waals surface area contributed by atoms with Crippen LogP contribution in [-0.4, -0.2) is 32.2 Å². The van der Waals surface area contributed by atoms with Crippen molar-refractivity contribution >= 4 is 17.3 Å². The number of rotatable bonds is 5. The van der Waals surface area contributed by atoms with Gasteiger partial charge in [-0.15, -0.1) is 11.6 Å². The number of nitro benzene ring substituents is 1. The van der Waals surface area contributed by atoms with Crippen LogP contribution in [0, 0.1) is 10.1 Å². The first-order valence-corrected chi connectivity index (χ1v) is 5.35. The molecule has 1 aromatic carbocycles. The predicted octanol–water partition coefficient (Wildman–Crippen LogP) is 0.720. The molecule has 0 aliphatic rings. The van der Waals surface area contributed by atoms with Crippen LogP contribution in [0.2, 0.25) is 0 Å². The lowest BCUT2D eigenvalue weighted by Crippen LogP contribution is -2.19. The number of nitro groups is 1. The van der Waals surface area contributed by atoms with Gasteiger partial charge in [-0.05, 0) is 17.7 Å². The van der Waals surface area contributed by atoms with Crippen LogP contribution < -0.4 is 0 Å². The largest absolute Gasteiger partial charge is 0.391 e. The number of aliphatic hydroxyl groups is 3. The molecule has 0 fully saturated rings. The number of halogens is 1. The summed E-state index contributed by atoms with van der Waals surface area (Å²) in [5, 5.41) is 38.6. The molecular formula is C10H12ClNO5. The van der Waals surface area contributed by atoms with Crippen LogP contribution >= 0.6 is 11.6 Å². The summed E-state index contributed by atoms with van der Waals surface area (Å²) in [6, 6.07) is 3.77. The Morgan fingerprint density at radius 2 is 2.06 bits per heavy atom. The third-order valence-corrected chi connectivity index (χ3v) is 2.65. The highest BCUT2D eigenvalue weighted by molar-refractivity contribution is 6.18. The minimum Gasteiger partial charge on any atom is -0.391 e. The summed E-state index contributed by atoms with van der Waals surface area (Å²) >= 11 is 5.38. The Labute approximate surface area is 102 Å². The van der Waals surface area contributed by atoms with Crippen molar-refractivity contribution in [3.05, 3.63) is 39.4 Å². The van der Waals surface area contributed by atoms with Gasteiger partial charge >= 0.3 is 0 Å². The molecule has 2 unspecified atom stereocenters. The van der Waals surface area contributed by atoms with Gasteiger partial charge < -0.3 is 15.3 Å². The van der Waals surface area contributed by atoms with Gasteiger partial charge in [0.1, 0.15) is 6.10 Å². The van der Waals surface area contributed by atoms with Crippen molar-refractivity contribution in [2.45, 2.75) is 18.8 Å². The summed E-state index contributed by atoms with van der Waals surface area (Å²) in [4.78, 5) is 9.99. The van der Waals surface area contributed by atoms with Gasteiger partial charge in [0.25, 0.3) is 5.69 Å². The van der Waals surface area contributed by atoms with Crippen LogP contribution in [0.5, 0.6) is 0 Å². The zero-order valence-corrected chi connectivity index (χ0v) is 9.54. The molecular weight excluding hydrogens is 250 g/mol. The fourth-order valence-corrected chi connectivity index (χ4v) is 1.57. The maximum Gasteiger partial charge on any atom is 0.274 e. The van der Waals surface area contributed by atoms with Crippen LogP contribution in [-0.2, 0) is 6.61 Å². The van der Waals surface area contributed by atoms with E-state index in [9.17, 15) is 20.3 Å². The first kappa shape index (κ1) is 13.9. The summed E-state index contributed by atoms with van der Waals surface area (Å²) in [7, 11) is 0. The second-order valence-electron chi connectivity index (χ2n) is 3.47. The first-order chi connectivity index (χ1) is 8.01. The molecule has 0 aliphatic heterocycles. The lowest BCUT2D eigenvalue weighted by Gasteiger charge is -2.16. The van der Waals surface area contributed by atoms with Gasteiger partial charge in [0.05, 0.1) is 29.1 Å². The number of hydrogen-bond acceptors (Lipinski definition) is 5. The lowest BCUT2D eigenvalue weighted by atomic mass is 10.0. The molecule has 0 saturated heterocycles. The number of aliphatic hydroxyl groups excluding tert-OH is 3. The van der Waals surface area contributed by atoms with E-state index >= 15 is 0 Å². The first-order valence-electron chi connectivity index (χ1n) is 4.81. The Balaban J connectivity index is 3.09. The van der Waals surface area contributed by atoms with E-state index in [0.717, 1.165) is 0 Å². The highest BCUT2D eigenvalue weighted by Gasteiger charge is 2.21. The Hall–Kier alpha value is -1.21. The van der Waals surface area contributed by atoms with Crippen molar-refractivity contribution in [2.24, 2.45) is 0 Å².